The monoisotopic (exact) mass is 396 g/mol. The fraction of sp³-hybridized carbons (Fsp3) is 0.364. The number of methoxy groups -OCH3 is 1. The molecule has 0 unspecified atom stereocenters. The molecule has 2 aliphatic rings. The van der Waals surface area contributed by atoms with E-state index in [0.29, 0.717) is 24.5 Å². The van der Waals surface area contributed by atoms with Crippen molar-refractivity contribution in [3.05, 3.63) is 53.6 Å². The zero-order chi connectivity index (χ0) is 20.2. The van der Waals surface area contributed by atoms with Crippen molar-refractivity contribution in [1.82, 2.24) is 4.90 Å². The standard InChI is InChI=1S/C22H24N2O5/c1-27-22(26)16-5-2-3-6-17(16)23-21(25)14-24-10-4-7-18(24)15-8-9-19-20(13-15)29-12-11-28-19/h2-3,5-6,8-9,13,18H,4,7,10-12,14H2,1H3,(H,23,25)/t18-/m0/s1. The molecule has 29 heavy (non-hydrogen) atoms. The van der Waals surface area contributed by atoms with Crippen LogP contribution in [0.25, 0.3) is 0 Å². The summed E-state index contributed by atoms with van der Waals surface area (Å²) >= 11 is 0. The van der Waals surface area contributed by atoms with Crippen molar-refractivity contribution < 1.29 is 23.8 Å². The van der Waals surface area contributed by atoms with Gasteiger partial charge in [-0.1, -0.05) is 18.2 Å². The smallest absolute Gasteiger partial charge is 0.339 e. The second-order valence-electron chi connectivity index (χ2n) is 7.12. The Kier molecular flexibility index (Phi) is 5.67. The highest BCUT2D eigenvalue weighted by atomic mass is 16.6. The second-order valence-corrected chi connectivity index (χ2v) is 7.12. The molecule has 1 atom stereocenters. The topological polar surface area (TPSA) is 77.1 Å². The summed E-state index contributed by atoms with van der Waals surface area (Å²) in [5, 5.41) is 2.85. The Balaban J connectivity index is 1.45. The number of esters is 1. The van der Waals surface area contributed by atoms with Crippen LogP contribution in [0.3, 0.4) is 0 Å². The number of nitrogens with one attached hydrogen (secondary N) is 1. The molecular weight excluding hydrogens is 372 g/mol. The van der Waals surface area contributed by atoms with Crippen molar-refractivity contribution in [3.63, 3.8) is 0 Å². The molecule has 1 fully saturated rings. The van der Waals surface area contributed by atoms with Gasteiger partial charge in [0.05, 0.1) is 24.9 Å². The van der Waals surface area contributed by atoms with E-state index in [1.807, 2.05) is 18.2 Å². The highest BCUT2D eigenvalue weighted by Gasteiger charge is 2.29. The van der Waals surface area contributed by atoms with Crippen LogP contribution in [-0.4, -0.2) is 50.2 Å². The molecule has 0 radical (unpaired) electrons. The lowest BCUT2D eigenvalue weighted by Crippen LogP contribution is -2.33. The van der Waals surface area contributed by atoms with Crippen LogP contribution in [-0.2, 0) is 9.53 Å². The van der Waals surface area contributed by atoms with E-state index in [2.05, 4.69) is 10.2 Å². The van der Waals surface area contributed by atoms with Crippen molar-refractivity contribution in [3.8, 4) is 11.5 Å². The van der Waals surface area contributed by atoms with Gasteiger partial charge in [-0.15, -0.1) is 0 Å². The van der Waals surface area contributed by atoms with E-state index in [-0.39, 0.29) is 18.5 Å². The van der Waals surface area contributed by atoms with E-state index in [1.165, 1.54) is 7.11 Å². The van der Waals surface area contributed by atoms with Crippen LogP contribution in [0.15, 0.2) is 42.5 Å². The largest absolute Gasteiger partial charge is 0.486 e. The van der Waals surface area contributed by atoms with Gasteiger partial charge in [-0.25, -0.2) is 4.79 Å². The first kappa shape index (κ1) is 19.3. The molecule has 1 N–H and O–H groups in total. The number of para-hydroxylation sites is 1. The number of anilines is 1. The summed E-state index contributed by atoms with van der Waals surface area (Å²) in [7, 11) is 1.32. The molecule has 0 spiro atoms. The average molecular weight is 396 g/mol. The lowest BCUT2D eigenvalue weighted by atomic mass is 10.0. The Hall–Kier alpha value is -3.06. The summed E-state index contributed by atoms with van der Waals surface area (Å²) in [5.41, 5.74) is 1.92. The van der Waals surface area contributed by atoms with Crippen molar-refractivity contribution in [2.24, 2.45) is 0 Å². The fourth-order valence-corrected chi connectivity index (χ4v) is 3.91. The second kappa shape index (κ2) is 8.53. The summed E-state index contributed by atoms with van der Waals surface area (Å²) in [6.07, 6.45) is 2.00. The molecule has 0 aliphatic carbocycles. The van der Waals surface area contributed by atoms with Gasteiger partial charge in [0.1, 0.15) is 13.2 Å². The summed E-state index contributed by atoms with van der Waals surface area (Å²) in [5.74, 6) is 0.890. The Bertz CT molecular complexity index is 914. The SMILES string of the molecule is COC(=O)c1ccccc1NC(=O)CN1CCC[C@H]1c1ccc2c(c1)OCCO2. The third-order valence-corrected chi connectivity index (χ3v) is 5.27. The summed E-state index contributed by atoms with van der Waals surface area (Å²) < 4.78 is 16.1. The fourth-order valence-electron chi connectivity index (χ4n) is 3.91. The van der Waals surface area contributed by atoms with Crippen molar-refractivity contribution in [1.29, 1.82) is 0 Å². The number of hydrogen-bond acceptors (Lipinski definition) is 6. The van der Waals surface area contributed by atoms with Gasteiger partial charge in [-0.2, -0.15) is 0 Å². The maximum Gasteiger partial charge on any atom is 0.339 e. The highest BCUT2D eigenvalue weighted by Crippen LogP contribution is 2.37. The number of nitrogens with zero attached hydrogens (tertiary/aromatic N) is 1. The first-order valence-corrected chi connectivity index (χ1v) is 9.76. The van der Waals surface area contributed by atoms with E-state index >= 15 is 0 Å². The van der Waals surface area contributed by atoms with Gasteiger partial charge >= 0.3 is 5.97 Å². The number of carbonyl (C=O) groups is 2. The molecule has 2 aromatic carbocycles. The number of carbonyl (C=O) groups excluding carboxylic acids is 2. The van der Waals surface area contributed by atoms with Gasteiger partial charge in [-0.3, -0.25) is 9.69 Å². The molecule has 0 bridgehead atoms. The van der Waals surface area contributed by atoms with Crippen LogP contribution in [0.1, 0.15) is 34.8 Å². The third-order valence-electron chi connectivity index (χ3n) is 5.27. The van der Waals surface area contributed by atoms with Gasteiger partial charge in [0.15, 0.2) is 11.5 Å². The van der Waals surface area contributed by atoms with E-state index < -0.39 is 5.97 Å². The van der Waals surface area contributed by atoms with Gasteiger partial charge in [0.25, 0.3) is 0 Å². The van der Waals surface area contributed by atoms with Crippen LogP contribution < -0.4 is 14.8 Å². The molecule has 0 aromatic heterocycles. The Labute approximate surface area is 169 Å². The average Bonchev–Trinajstić information content (AvgIpc) is 3.21. The number of fused-ring (bicyclic) bond motifs is 1. The van der Waals surface area contributed by atoms with Crippen LogP contribution in [0.4, 0.5) is 5.69 Å². The maximum atomic E-state index is 12.7. The molecule has 4 rings (SSSR count). The van der Waals surface area contributed by atoms with Crippen LogP contribution >= 0.6 is 0 Å². The van der Waals surface area contributed by atoms with Gasteiger partial charge in [0.2, 0.25) is 5.91 Å². The third kappa shape index (κ3) is 4.19. The Morgan fingerprint density at radius 1 is 1.14 bits per heavy atom. The van der Waals surface area contributed by atoms with Crippen molar-refractivity contribution in [2.45, 2.75) is 18.9 Å². The van der Waals surface area contributed by atoms with E-state index in [0.717, 1.165) is 36.4 Å². The van der Waals surface area contributed by atoms with Gasteiger partial charge < -0.3 is 19.5 Å². The minimum atomic E-state index is -0.476. The van der Waals surface area contributed by atoms with Gasteiger partial charge in [-0.05, 0) is 49.2 Å². The van der Waals surface area contributed by atoms with E-state index in [4.69, 9.17) is 14.2 Å². The highest BCUT2D eigenvalue weighted by molar-refractivity contribution is 6.01. The van der Waals surface area contributed by atoms with Gasteiger partial charge in [0, 0.05) is 6.04 Å². The number of ether oxygens (including phenoxy) is 3. The lowest BCUT2D eigenvalue weighted by molar-refractivity contribution is -0.117. The minimum Gasteiger partial charge on any atom is -0.486 e. The zero-order valence-electron chi connectivity index (χ0n) is 16.3. The first-order chi connectivity index (χ1) is 14.2. The molecule has 152 valence electrons. The lowest BCUT2D eigenvalue weighted by Gasteiger charge is -2.26. The van der Waals surface area contributed by atoms with Crippen LogP contribution in [0.2, 0.25) is 0 Å². The quantitative estimate of drug-likeness (QED) is 0.783. The van der Waals surface area contributed by atoms with Crippen LogP contribution in [0.5, 0.6) is 11.5 Å². The Morgan fingerprint density at radius 3 is 2.76 bits per heavy atom. The maximum absolute atomic E-state index is 12.7. The normalized spacial score (nSPS) is 18.3. The molecule has 1 amide bonds. The summed E-state index contributed by atoms with van der Waals surface area (Å²) in [4.78, 5) is 26.8. The molecule has 7 nitrogen and oxygen atoms in total. The predicted molar refractivity (Wildman–Crippen MR) is 107 cm³/mol. The first-order valence-electron chi connectivity index (χ1n) is 9.76. The number of likely N-dealkylation sites (tertiary alicyclic amines) is 1. The number of hydrogen-bond donors (Lipinski definition) is 1. The van der Waals surface area contributed by atoms with Crippen molar-refractivity contribution >= 4 is 17.6 Å². The summed E-state index contributed by atoms with van der Waals surface area (Å²) in [6.45, 7) is 2.20. The molecule has 2 heterocycles. The van der Waals surface area contributed by atoms with Crippen molar-refractivity contribution in [2.75, 3.05) is 38.7 Å². The summed E-state index contributed by atoms with van der Waals surface area (Å²) in [6, 6.07) is 13.0. The predicted octanol–water partition coefficient (Wildman–Crippen LogP) is 3.02. The molecule has 0 saturated carbocycles. The zero-order valence-corrected chi connectivity index (χ0v) is 16.3. The molecular formula is C22H24N2O5. The molecule has 1 saturated heterocycles. The molecule has 7 heteroatoms. The molecule has 2 aliphatic heterocycles. The number of amides is 1. The minimum absolute atomic E-state index is 0.146. The van der Waals surface area contributed by atoms with E-state index in [1.54, 1.807) is 24.3 Å². The number of rotatable bonds is 5. The van der Waals surface area contributed by atoms with Crippen LogP contribution in [0, 0.1) is 0 Å². The van der Waals surface area contributed by atoms with E-state index in [9.17, 15) is 9.59 Å². The molecule has 2 aromatic rings. The number of benzene rings is 2. The Morgan fingerprint density at radius 2 is 1.93 bits per heavy atom.